The van der Waals surface area contributed by atoms with E-state index >= 15 is 0 Å². The molecule has 1 unspecified atom stereocenters. The highest BCUT2D eigenvalue weighted by Gasteiger charge is 2.49. The van der Waals surface area contributed by atoms with Crippen LogP contribution in [-0.2, 0) is 23.8 Å². The Labute approximate surface area is 204 Å². The molecule has 0 aromatic carbocycles. The van der Waals surface area contributed by atoms with Gasteiger partial charge in [-0.3, -0.25) is 4.79 Å². The van der Waals surface area contributed by atoms with Crippen LogP contribution in [0.5, 0.6) is 0 Å². The Balaban J connectivity index is 1.80. The maximum atomic E-state index is 12.2. The van der Waals surface area contributed by atoms with Crippen LogP contribution < -0.4 is 0 Å². The lowest BCUT2D eigenvalue weighted by molar-refractivity contribution is -0.170. The highest BCUT2D eigenvalue weighted by Crippen LogP contribution is 2.41. The average Bonchev–Trinajstić information content (AvgIpc) is 3.39. The number of aliphatic carboxylic acids is 1. The number of carbonyl (C=O) groups is 2. The Morgan fingerprint density at radius 2 is 1.76 bits per heavy atom. The van der Waals surface area contributed by atoms with E-state index in [-0.39, 0.29) is 24.6 Å². The third-order valence-electron chi connectivity index (χ3n) is 7.03. The van der Waals surface area contributed by atoms with Crippen molar-refractivity contribution < 1.29 is 34.0 Å². The molecule has 34 heavy (non-hydrogen) atoms. The Kier molecular flexibility index (Phi) is 13.5. The van der Waals surface area contributed by atoms with Crippen LogP contribution in [0.25, 0.3) is 0 Å². The number of allylic oxidation sites excluding steroid dienone is 2. The summed E-state index contributed by atoms with van der Waals surface area (Å²) in [5.74, 6) is -2.28. The number of methoxy groups -OCH3 is 1. The molecule has 7 nitrogen and oxygen atoms in total. The second-order valence-corrected chi connectivity index (χ2v) is 9.50. The van der Waals surface area contributed by atoms with E-state index < -0.39 is 17.5 Å². The van der Waals surface area contributed by atoms with E-state index in [2.05, 4.69) is 4.74 Å². The van der Waals surface area contributed by atoms with Crippen molar-refractivity contribution >= 4 is 11.9 Å². The zero-order chi connectivity index (χ0) is 24.7. The van der Waals surface area contributed by atoms with Crippen molar-refractivity contribution in [3.05, 3.63) is 24.3 Å². The number of esters is 1. The Bertz CT molecular complexity index is 647. The topological polar surface area (TPSA) is 102 Å². The molecule has 2 rings (SSSR count). The van der Waals surface area contributed by atoms with Gasteiger partial charge in [-0.05, 0) is 63.7 Å². The van der Waals surface area contributed by atoms with Gasteiger partial charge in [-0.15, -0.1) is 0 Å². The van der Waals surface area contributed by atoms with Gasteiger partial charge in [-0.2, -0.15) is 0 Å². The lowest BCUT2D eigenvalue weighted by Gasteiger charge is -2.35. The molecule has 2 N–H and O–H groups in total. The van der Waals surface area contributed by atoms with E-state index in [1.165, 1.54) is 13.5 Å². The Hall–Kier alpha value is -1.70. The summed E-state index contributed by atoms with van der Waals surface area (Å²) in [6, 6.07) is 0. The SMILES string of the molecule is COC(=O)CC=CC[C@@H](C=CCCCCCCOC1CCCCO1)[C@@](O)(C(=O)O)C1CCCC1. The standard InChI is InChI=1S/C27H44O7/c1-32-24(28)18-10-9-17-22(27(31,26(29)30)23-15-7-8-16-23)14-6-4-2-3-5-12-20-33-25-19-11-13-21-34-25/h6,9-10,14,22-23,25,31H,2-5,7-8,11-13,15-21H2,1H3,(H,29,30)/t22-,25?,27+/m1/s1. The molecule has 0 amide bonds. The fourth-order valence-corrected chi connectivity index (χ4v) is 4.95. The van der Waals surface area contributed by atoms with Crippen LogP contribution in [0.3, 0.4) is 0 Å². The zero-order valence-electron chi connectivity index (χ0n) is 20.8. The summed E-state index contributed by atoms with van der Waals surface area (Å²) in [6.07, 6.45) is 19.5. The predicted molar refractivity (Wildman–Crippen MR) is 130 cm³/mol. The molecule has 194 valence electrons. The number of hydrogen-bond donors (Lipinski definition) is 2. The van der Waals surface area contributed by atoms with Crippen LogP contribution in [0.1, 0.15) is 89.9 Å². The van der Waals surface area contributed by atoms with Gasteiger partial charge in [-0.25, -0.2) is 4.79 Å². The summed E-state index contributed by atoms with van der Waals surface area (Å²) in [5, 5.41) is 21.3. The van der Waals surface area contributed by atoms with Crippen molar-refractivity contribution in [2.75, 3.05) is 20.3 Å². The Morgan fingerprint density at radius 1 is 1.03 bits per heavy atom. The minimum absolute atomic E-state index is 0.0249. The number of aliphatic hydroxyl groups is 1. The minimum atomic E-state index is -1.79. The molecule has 7 heteroatoms. The first kappa shape index (κ1) is 28.5. The van der Waals surface area contributed by atoms with E-state index in [0.717, 1.165) is 83.8 Å². The van der Waals surface area contributed by atoms with E-state index in [0.29, 0.717) is 6.42 Å². The summed E-state index contributed by atoms with van der Waals surface area (Å²) >= 11 is 0. The number of ether oxygens (including phenoxy) is 3. The number of unbranched alkanes of at least 4 members (excludes halogenated alkanes) is 4. The summed E-state index contributed by atoms with van der Waals surface area (Å²) in [7, 11) is 1.34. The predicted octanol–water partition coefficient (Wildman–Crippen LogP) is 5.17. The van der Waals surface area contributed by atoms with Crippen molar-refractivity contribution in [1.29, 1.82) is 0 Å². The highest BCUT2D eigenvalue weighted by molar-refractivity contribution is 5.78. The van der Waals surface area contributed by atoms with Gasteiger partial charge in [0, 0.05) is 19.1 Å². The quantitative estimate of drug-likeness (QED) is 0.178. The lowest BCUT2D eigenvalue weighted by Crippen LogP contribution is -2.50. The van der Waals surface area contributed by atoms with Crippen LogP contribution >= 0.6 is 0 Å². The van der Waals surface area contributed by atoms with Gasteiger partial charge in [-0.1, -0.05) is 50.0 Å². The third-order valence-corrected chi connectivity index (χ3v) is 7.03. The van der Waals surface area contributed by atoms with Crippen molar-refractivity contribution in [2.24, 2.45) is 11.8 Å². The second kappa shape index (κ2) is 16.1. The van der Waals surface area contributed by atoms with Gasteiger partial charge in [0.1, 0.15) is 0 Å². The maximum absolute atomic E-state index is 12.2. The first-order chi connectivity index (χ1) is 16.5. The summed E-state index contributed by atoms with van der Waals surface area (Å²) in [4.78, 5) is 23.5. The normalized spacial score (nSPS) is 22.2. The zero-order valence-corrected chi connectivity index (χ0v) is 20.8. The van der Waals surface area contributed by atoms with Crippen LogP contribution in [0.15, 0.2) is 24.3 Å². The van der Waals surface area contributed by atoms with Crippen LogP contribution in [0, 0.1) is 11.8 Å². The summed E-state index contributed by atoms with van der Waals surface area (Å²) in [6.45, 7) is 1.53. The van der Waals surface area contributed by atoms with Gasteiger partial charge in [0.15, 0.2) is 11.9 Å². The molecule has 0 radical (unpaired) electrons. The van der Waals surface area contributed by atoms with Crippen molar-refractivity contribution in [2.45, 2.75) is 102 Å². The minimum Gasteiger partial charge on any atom is -0.479 e. The van der Waals surface area contributed by atoms with Crippen molar-refractivity contribution in [3.63, 3.8) is 0 Å². The highest BCUT2D eigenvalue weighted by atomic mass is 16.7. The molecule has 0 spiro atoms. The maximum Gasteiger partial charge on any atom is 0.336 e. The molecule has 2 aliphatic rings. The molecule has 1 saturated heterocycles. The summed E-state index contributed by atoms with van der Waals surface area (Å²) in [5.41, 5.74) is -1.79. The average molecular weight is 481 g/mol. The molecule has 3 atom stereocenters. The van der Waals surface area contributed by atoms with Crippen LogP contribution in [-0.4, -0.2) is 54.4 Å². The molecular weight excluding hydrogens is 436 g/mol. The smallest absolute Gasteiger partial charge is 0.336 e. The molecule has 1 aliphatic heterocycles. The molecule has 1 heterocycles. The Morgan fingerprint density at radius 3 is 2.44 bits per heavy atom. The van der Waals surface area contributed by atoms with Crippen LogP contribution in [0.4, 0.5) is 0 Å². The van der Waals surface area contributed by atoms with E-state index in [4.69, 9.17) is 9.47 Å². The third kappa shape index (κ3) is 9.51. The fraction of sp³-hybridized carbons (Fsp3) is 0.778. The number of carboxylic acids is 1. The van der Waals surface area contributed by atoms with Gasteiger partial charge in [0.2, 0.25) is 0 Å². The first-order valence-electron chi connectivity index (χ1n) is 13.1. The van der Waals surface area contributed by atoms with Crippen molar-refractivity contribution in [1.82, 2.24) is 0 Å². The van der Waals surface area contributed by atoms with E-state index in [9.17, 15) is 19.8 Å². The summed E-state index contributed by atoms with van der Waals surface area (Å²) < 4.78 is 16.0. The molecule has 0 aromatic heterocycles. The number of carboxylic acid groups (broad SMARTS) is 1. The largest absolute Gasteiger partial charge is 0.479 e. The lowest BCUT2D eigenvalue weighted by atomic mass is 9.74. The molecule has 1 saturated carbocycles. The van der Waals surface area contributed by atoms with Crippen molar-refractivity contribution in [3.8, 4) is 0 Å². The fourth-order valence-electron chi connectivity index (χ4n) is 4.95. The monoisotopic (exact) mass is 480 g/mol. The molecular formula is C27H44O7. The van der Waals surface area contributed by atoms with E-state index in [1.54, 1.807) is 12.2 Å². The first-order valence-corrected chi connectivity index (χ1v) is 13.1. The van der Waals surface area contributed by atoms with Gasteiger partial charge >= 0.3 is 11.9 Å². The molecule has 0 aromatic rings. The second-order valence-electron chi connectivity index (χ2n) is 9.50. The van der Waals surface area contributed by atoms with Gasteiger partial charge in [0.05, 0.1) is 13.5 Å². The van der Waals surface area contributed by atoms with Gasteiger partial charge < -0.3 is 24.4 Å². The van der Waals surface area contributed by atoms with Gasteiger partial charge in [0.25, 0.3) is 0 Å². The number of carbonyl (C=O) groups excluding carboxylic acids is 1. The molecule has 1 aliphatic carbocycles. The van der Waals surface area contributed by atoms with Crippen LogP contribution in [0.2, 0.25) is 0 Å². The number of rotatable bonds is 16. The number of hydrogen-bond acceptors (Lipinski definition) is 6. The molecule has 0 bridgehead atoms. The van der Waals surface area contributed by atoms with E-state index in [1.807, 2.05) is 12.2 Å². The molecule has 2 fully saturated rings.